The van der Waals surface area contributed by atoms with Gasteiger partial charge in [0, 0.05) is 11.4 Å². The molecule has 6 nitrogen and oxygen atoms in total. The highest BCUT2D eigenvalue weighted by Gasteiger charge is 2.34. The molecule has 0 radical (unpaired) electrons. The zero-order valence-electron chi connectivity index (χ0n) is 13.4. The highest BCUT2D eigenvalue weighted by atomic mass is 35.5. The van der Waals surface area contributed by atoms with Gasteiger partial charge in [0.25, 0.3) is 0 Å². The number of sulfonamides is 1. The van der Waals surface area contributed by atoms with Crippen LogP contribution in [0.25, 0.3) is 0 Å². The second-order valence-corrected chi connectivity index (χ2v) is 7.76. The monoisotopic (exact) mass is 361 g/mol. The number of amides is 1. The normalized spacial score (nSPS) is 21.1. The first-order chi connectivity index (χ1) is 10.3. The summed E-state index contributed by atoms with van der Waals surface area (Å²) in [5, 5.41) is 6.14. The maximum absolute atomic E-state index is 12.4. The number of nitrogens with one attached hydrogen (secondary N) is 3. The lowest BCUT2D eigenvalue weighted by atomic mass is 9.90. The quantitative estimate of drug-likeness (QED) is 0.751. The molecular formula is C15H24ClN3O3S. The summed E-state index contributed by atoms with van der Waals surface area (Å²) in [6.07, 6.45) is 2.94. The van der Waals surface area contributed by atoms with Gasteiger partial charge in [-0.15, -0.1) is 12.4 Å². The Kier molecular flexibility index (Phi) is 6.85. The molecule has 0 spiro atoms. The van der Waals surface area contributed by atoms with Crippen molar-refractivity contribution in [2.75, 3.05) is 22.3 Å². The van der Waals surface area contributed by atoms with Gasteiger partial charge >= 0.3 is 0 Å². The van der Waals surface area contributed by atoms with E-state index in [1.807, 2.05) is 6.92 Å². The summed E-state index contributed by atoms with van der Waals surface area (Å²) in [6.45, 7) is 4.34. The maximum Gasteiger partial charge on any atom is 0.244 e. The molecule has 1 amide bonds. The SMILES string of the molecule is CCS(=O)(=O)Nc1ccc(NC(=O)C2(C)CCCCN2)cc1.Cl. The van der Waals surface area contributed by atoms with Crippen LogP contribution in [0.2, 0.25) is 0 Å². The zero-order chi connectivity index (χ0) is 16.2. The van der Waals surface area contributed by atoms with Crippen molar-refractivity contribution in [1.29, 1.82) is 0 Å². The van der Waals surface area contributed by atoms with Crippen LogP contribution in [0, 0.1) is 0 Å². The number of hydrogen-bond donors (Lipinski definition) is 3. The molecule has 0 bridgehead atoms. The zero-order valence-corrected chi connectivity index (χ0v) is 15.0. The molecule has 23 heavy (non-hydrogen) atoms. The van der Waals surface area contributed by atoms with Crippen LogP contribution in [0.15, 0.2) is 24.3 Å². The average molecular weight is 362 g/mol. The van der Waals surface area contributed by atoms with Gasteiger partial charge in [0.1, 0.15) is 0 Å². The smallest absolute Gasteiger partial charge is 0.244 e. The van der Waals surface area contributed by atoms with Gasteiger partial charge in [0.2, 0.25) is 15.9 Å². The van der Waals surface area contributed by atoms with Crippen LogP contribution >= 0.6 is 12.4 Å². The van der Waals surface area contributed by atoms with Crippen LogP contribution < -0.4 is 15.4 Å². The van der Waals surface area contributed by atoms with Crippen LogP contribution in [0.5, 0.6) is 0 Å². The highest BCUT2D eigenvalue weighted by Crippen LogP contribution is 2.22. The van der Waals surface area contributed by atoms with E-state index < -0.39 is 15.6 Å². The van der Waals surface area contributed by atoms with E-state index >= 15 is 0 Å². The van der Waals surface area contributed by atoms with Crippen LogP contribution in [0.1, 0.15) is 33.1 Å². The average Bonchev–Trinajstić information content (AvgIpc) is 2.50. The van der Waals surface area contributed by atoms with E-state index in [1.54, 1.807) is 31.2 Å². The number of halogens is 1. The Morgan fingerprint density at radius 1 is 1.22 bits per heavy atom. The van der Waals surface area contributed by atoms with Crippen LogP contribution in [-0.2, 0) is 14.8 Å². The lowest BCUT2D eigenvalue weighted by Gasteiger charge is -2.33. The fraction of sp³-hybridized carbons (Fsp3) is 0.533. The van der Waals surface area contributed by atoms with Gasteiger partial charge in [-0.2, -0.15) is 0 Å². The Hall–Kier alpha value is -1.31. The molecule has 0 saturated carbocycles. The minimum Gasteiger partial charge on any atom is -0.324 e. The van der Waals surface area contributed by atoms with E-state index in [2.05, 4.69) is 15.4 Å². The van der Waals surface area contributed by atoms with Crippen molar-refractivity contribution in [3.8, 4) is 0 Å². The topological polar surface area (TPSA) is 87.3 Å². The van der Waals surface area contributed by atoms with E-state index in [1.165, 1.54) is 0 Å². The summed E-state index contributed by atoms with van der Waals surface area (Å²) in [4.78, 5) is 12.4. The fourth-order valence-corrected chi connectivity index (χ4v) is 3.03. The van der Waals surface area contributed by atoms with Crippen LogP contribution in [-0.4, -0.2) is 32.2 Å². The third-order valence-electron chi connectivity index (χ3n) is 3.92. The summed E-state index contributed by atoms with van der Waals surface area (Å²) in [7, 11) is -3.28. The lowest BCUT2D eigenvalue weighted by molar-refractivity contribution is -0.122. The van der Waals surface area contributed by atoms with Gasteiger partial charge in [0.15, 0.2) is 0 Å². The van der Waals surface area contributed by atoms with Gasteiger partial charge in [-0.3, -0.25) is 9.52 Å². The van der Waals surface area contributed by atoms with Gasteiger partial charge in [-0.05, 0) is 63.9 Å². The fourth-order valence-electron chi connectivity index (χ4n) is 2.39. The molecule has 8 heteroatoms. The molecule has 3 N–H and O–H groups in total. The predicted molar refractivity (Wildman–Crippen MR) is 95.7 cm³/mol. The van der Waals surface area contributed by atoms with Crippen molar-refractivity contribution < 1.29 is 13.2 Å². The Morgan fingerprint density at radius 2 is 1.83 bits per heavy atom. The van der Waals surface area contributed by atoms with Gasteiger partial charge in [-0.25, -0.2) is 8.42 Å². The first-order valence-electron chi connectivity index (χ1n) is 7.52. The molecule has 1 aromatic carbocycles. The van der Waals surface area contributed by atoms with Gasteiger partial charge in [-0.1, -0.05) is 0 Å². The van der Waals surface area contributed by atoms with E-state index in [-0.39, 0.29) is 24.1 Å². The van der Waals surface area contributed by atoms with Crippen molar-refractivity contribution in [2.24, 2.45) is 0 Å². The van der Waals surface area contributed by atoms with Crippen molar-refractivity contribution >= 4 is 39.7 Å². The summed E-state index contributed by atoms with van der Waals surface area (Å²) < 4.78 is 25.4. The van der Waals surface area contributed by atoms with Crippen molar-refractivity contribution in [3.63, 3.8) is 0 Å². The molecule has 1 atom stereocenters. The molecular weight excluding hydrogens is 338 g/mol. The molecule has 0 aliphatic carbocycles. The summed E-state index contributed by atoms with van der Waals surface area (Å²) in [6, 6.07) is 6.66. The molecule has 130 valence electrons. The van der Waals surface area contributed by atoms with Crippen molar-refractivity contribution in [1.82, 2.24) is 5.32 Å². The van der Waals surface area contributed by atoms with E-state index in [0.717, 1.165) is 25.8 Å². The summed E-state index contributed by atoms with van der Waals surface area (Å²) >= 11 is 0. The number of benzene rings is 1. The molecule has 1 aliphatic rings. The Morgan fingerprint density at radius 3 is 2.35 bits per heavy atom. The second-order valence-electron chi connectivity index (χ2n) is 5.75. The minimum absolute atomic E-state index is 0. The summed E-state index contributed by atoms with van der Waals surface area (Å²) in [5.74, 6) is -0.0377. The van der Waals surface area contributed by atoms with Crippen LogP contribution in [0.4, 0.5) is 11.4 Å². The number of piperidine rings is 1. The van der Waals surface area contributed by atoms with Crippen LogP contribution in [0.3, 0.4) is 0 Å². The Labute approximate surface area is 143 Å². The number of anilines is 2. The molecule has 0 aromatic heterocycles. The minimum atomic E-state index is -3.28. The first kappa shape index (κ1) is 19.7. The third-order valence-corrected chi connectivity index (χ3v) is 5.22. The van der Waals surface area contributed by atoms with Gasteiger partial charge in [0.05, 0.1) is 11.3 Å². The Bertz CT molecular complexity index is 626. The molecule has 1 aromatic rings. The molecule has 1 aliphatic heterocycles. The molecule has 1 heterocycles. The number of carbonyl (C=O) groups is 1. The lowest BCUT2D eigenvalue weighted by Crippen LogP contribution is -2.54. The summed E-state index contributed by atoms with van der Waals surface area (Å²) in [5.41, 5.74) is 0.598. The number of rotatable bonds is 5. The maximum atomic E-state index is 12.4. The molecule has 1 unspecified atom stereocenters. The predicted octanol–water partition coefficient (Wildman–Crippen LogP) is 2.34. The van der Waals surface area contributed by atoms with E-state index in [0.29, 0.717) is 11.4 Å². The molecule has 2 rings (SSSR count). The molecule has 1 saturated heterocycles. The third kappa shape index (κ3) is 5.37. The van der Waals surface area contributed by atoms with Crippen molar-refractivity contribution in [2.45, 2.75) is 38.6 Å². The van der Waals surface area contributed by atoms with E-state index in [9.17, 15) is 13.2 Å². The largest absolute Gasteiger partial charge is 0.324 e. The number of hydrogen-bond acceptors (Lipinski definition) is 4. The molecule has 1 fully saturated rings. The highest BCUT2D eigenvalue weighted by molar-refractivity contribution is 7.92. The van der Waals surface area contributed by atoms with Gasteiger partial charge < -0.3 is 10.6 Å². The number of carbonyl (C=O) groups excluding carboxylic acids is 1. The van der Waals surface area contributed by atoms with E-state index in [4.69, 9.17) is 0 Å². The van der Waals surface area contributed by atoms with Crippen molar-refractivity contribution in [3.05, 3.63) is 24.3 Å². The Balaban J connectivity index is 0.00000264. The first-order valence-corrected chi connectivity index (χ1v) is 9.17. The second kappa shape index (κ2) is 7.99. The standard InChI is InChI=1S/C15H23N3O3S.ClH/c1-3-22(20,21)18-13-8-6-12(7-9-13)17-14(19)15(2)10-4-5-11-16-15;/h6-9,16,18H,3-5,10-11H2,1-2H3,(H,17,19);1H.